The van der Waals surface area contributed by atoms with Gasteiger partial charge in [0.15, 0.2) is 6.10 Å². The van der Waals surface area contributed by atoms with Gasteiger partial charge in [0.1, 0.15) is 11.8 Å². The average Bonchev–Trinajstić information content (AvgIpc) is 2.74. The van der Waals surface area contributed by atoms with Crippen LogP contribution in [0, 0.1) is 10.1 Å². The Kier molecular flexibility index (Phi) is 8.14. The van der Waals surface area contributed by atoms with Crippen molar-refractivity contribution in [1.29, 1.82) is 0 Å². The van der Waals surface area contributed by atoms with Crippen molar-refractivity contribution < 1.29 is 32.4 Å². The molecule has 0 bridgehead atoms. The predicted octanol–water partition coefficient (Wildman–Crippen LogP) is 2.49. The fourth-order valence-corrected chi connectivity index (χ4v) is 3.80. The molecule has 1 unspecified atom stereocenters. The van der Waals surface area contributed by atoms with Gasteiger partial charge in [0.05, 0.1) is 27.6 Å². The fraction of sp³-hybridized carbons (Fsp3) is 0.263. The van der Waals surface area contributed by atoms with Gasteiger partial charge in [0, 0.05) is 12.1 Å². The highest BCUT2D eigenvalue weighted by molar-refractivity contribution is 7.89. The van der Waals surface area contributed by atoms with E-state index in [4.69, 9.17) is 21.1 Å². The van der Waals surface area contributed by atoms with Crippen LogP contribution in [-0.4, -0.2) is 44.5 Å². The van der Waals surface area contributed by atoms with Crippen molar-refractivity contribution >= 4 is 44.9 Å². The van der Waals surface area contributed by atoms with Crippen LogP contribution >= 0.6 is 11.6 Å². The Bertz CT molecular complexity index is 1120. The molecular formula is C19H20ClN3O8S. The van der Waals surface area contributed by atoms with Crippen molar-refractivity contribution in [3.8, 4) is 5.75 Å². The number of carbonyl (C=O) groups excluding carboxylic acids is 2. The number of non-ortho nitro benzene ring substituents is 1. The third kappa shape index (κ3) is 6.39. The predicted molar refractivity (Wildman–Crippen MR) is 115 cm³/mol. The summed E-state index contributed by atoms with van der Waals surface area (Å²) >= 11 is 5.92. The molecule has 0 aliphatic rings. The van der Waals surface area contributed by atoms with E-state index in [1.54, 1.807) is 0 Å². The standard InChI is InChI=1S/C19H20ClN3O8S/c1-11(22-32(28,29)15-7-5-14(30-3)6-8-15)19(25)31-12(2)18(24)21-17-9-4-13(23(26)27)10-16(17)20/h4-12,22H,1-3H3,(H,21,24)/t11-,12?/m0/s1. The number of nitro benzene ring substituents is 1. The number of nitrogens with one attached hydrogen (secondary N) is 2. The minimum absolute atomic E-state index is 0.0771. The number of benzene rings is 2. The monoisotopic (exact) mass is 485 g/mol. The van der Waals surface area contributed by atoms with Gasteiger partial charge in [-0.3, -0.25) is 19.7 Å². The average molecular weight is 486 g/mol. The Morgan fingerprint density at radius 1 is 1.12 bits per heavy atom. The highest BCUT2D eigenvalue weighted by atomic mass is 35.5. The minimum Gasteiger partial charge on any atom is -0.497 e. The summed E-state index contributed by atoms with van der Waals surface area (Å²) in [7, 11) is -2.59. The maximum atomic E-state index is 12.4. The Morgan fingerprint density at radius 2 is 1.75 bits per heavy atom. The van der Waals surface area contributed by atoms with Crippen molar-refractivity contribution in [3.63, 3.8) is 0 Å². The fourth-order valence-electron chi connectivity index (χ4n) is 2.39. The Labute approximate surface area is 188 Å². The molecule has 11 nitrogen and oxygen atoms in total. The lowest BCUT2D eigenvalue weighted by atomic mass is 10.2. The maximum Gasteiger partial charge on any atom is 0.324 e. The van der Waals surface area contributed by atoms with Crippen molar-refractivity contribution in [1.82, 2.24) is 4.72 Å². The lowest BCUT2D eigenvalue weighted by Crippen LogP contribution is -2.42. The number of rotatable bonds is 9. The first kappa shape index (κ1) is 25.0. The lowest BCUT2D eigenvalue weighted by Gasteiger charge is -2.18. The van der Waals surface area contributed by atoms with E-state index in [-0.39, 0.29) is 21.3 Å². The highest BCUT2D eigenvalue weighted by Gasteiger charge is 2.27. The number of hydrogen-bond acceptors (Lipinski definition) is 8. The van der Waals surface area contributed by atoms with Crippen molar-refractivity contribution in [2.24, 2.45) is 0 Å². The van der Waals surface area contributed by atoms with Gasteiger partial charge in [0.25, 0.3) is 11.6 Å². The molecule has 0 aliphatic heterocycles. The second-order valence-electron chi connectivity index (χ2n) is 6.51. The Balaban J connectivity index is 1.98. The summed E-state index contributed by atoms with van der Waals surface area (Å²) in [6.07, 6.45) is -1.30. The lowest BCUT2D eigenvalue weighted by molar-refractivity contribution is -0.384. The van der Waals surface area contributed by atoms with E-state index in [2.05, 4.69) is 10.0 Å². The third-order valence-corrected chi connectivity index (χ3v) is 6.01. The Hall–Kier alpha value is -3.22. The second kappa shape index (κ2) is 10.4. The zero-order valence-corrected chi connectivity index (χ0v) is 18.8. The summed E-state index contributed by atoms with van der Waals surface area (Å²) in [6.45, 7) is 2.54. The molecule has 0 saturated carbocycles. The molecule has 32 heavy (non-hydrogen) atoms. The molecule has 0 spiro atoms. The summed E-state index contributed by atoms with van der Waals surface area (Å²) in [6, 6.07) is 7.67. The molecule has 13 heteroatoms. The normalized spacial score (nSPS) is 13.0. The molecule has 2 aromatic rings. The summed E-state index contributed by atoms with van der Waals surface area (Å²) in [4.78, 5) is 34.6. The molecule has 2 rings (SSSR count). The van der Waals surface area contributed by atoms with Crippen LogP contribution in [-0.2, 0) is 24.3 Å². The molecule has 0 saturated heterocycles. The van der Waals surface area contributed by atoms with Gasteiger partial charge in [-0.2, -0.15) is 4.72 Å². The number of halogens is 1. The highest BCUT2D eigenvalue weighted by Crippen LogP contribution is 2.26. The van der Waals surface area contributed by atoms with Crippen LogP contribution in [0.25, 0.3) is 0 Å². The topological polar surface area (TPSA) is 154 Å². The molecule has 2 atom stereocenters. The number of amides is 1. The summed E-state index contributed by atoms with van der Waals surface area (Å²) < 4.78 is 37.0. The van der Waals surface area contributed by atoms with Crippen LogP contribution in [0.1, 0.15) is 13.8 Å². The third-order valence-electron chi connectivity index (χ3n) is 4.14. The van der Waals surface area contributed by atoms with Gasteiger partial charge in [-0.1, -0.05) is 11.6 Å². The van der Waals surface area contributed by atoms with E-state index in [0.29, 0.717) is 5.75 Å². The van der Waals surface area contributed by atoms with E-state index < -0.39 is 39.0 Å². The van der Waals surface area contributed by atoms with Gasteiger partial charge in [0.2, 0.25) is 10.0 Å². The van der Waals surface area contributed by atoms with Crippen molar-refractivity contribution in [2.45, 2.75) is 30.9 Å². The van der Waals surface area contributed by atoms with E-state index in [1.807, 2.05) is 0 Å². The van der Waals surface area contributed by atoms with Crippen LogP contribution in [0.15, 0.2) is 47.4 Å². The maximum absolute atomic E-state index is 12.4. The van der Waals surface area contributed by atoms with Crippen LogP contribution in [0.4, 0.5) is 11.4 Å². The van der Waals surface area contributed by atoms with Gasteiger partial charge in [-0.25, -0.2) is 8.42 Å². The molecule has 0 heterocycles. The first-order valence-corrected chi connectivity index (χ1v) is 10.9. The zero-order valence-electron chi connectivity index (χ0n) is 17.2. The molecule has 0 radical (unpaired) electrons. The van der Waals surface area contributed by atoms with E-state index in [0.717, 1.165) is 12.1 Å². The van der Waals surface area contributed by atoms with Crippen LogP contribution < -0.4 is 14.8 Å². The molecule has 2 N–H and O–H groups in total. The van der Waals surface area contributed by atoms with Crippen LogP contribution in [0.2, 0.25) is 5.02 Å². The van der Waals surface area contributed by atoms with E-state index in [1.165, 1.54) is 51.3 Å². The Morgan fingerprint density at radius 3 is 2.28 bits per heavy atom. The second-order valence-corrected chi connectivity index (χ2v) is 8.63. The molecule has 2 aromatic carbocycles. The number of ether oxygens (including phenoxy) is 2. The van der Waals surface area contributed by atoms with Crippen LogP contribution in [0.3, 0.4) is 0 Å². The number of sulfonamides is 1. The molecular weight excluding hydrogens is 466 g/mol. The van der Waals surface area contributed by atoms with E-state index >= 15 is 0 Å². The van der Waals surface area contributed by atoms with Crippen molar-refractivity contribution in [2.75, 3.05) is 12.4 Å². The molecule has 0 aromatic heterocycles. The smallest absolute Gasteiger partial charge is 0.324 e. The van der Waals surface area contributed by atoms with E-state index in [9.17, 15) is 28.1 Å². The number of nitro groups is 1. The first-order valence-electron chi connectivity index (χ1n) is 9.06. The number of methoxy groups -OCH3 is 1. The number of carbonyl (C=O) groups is 2. The SMILES string of the molecule is COc1ccc(S(=O)(=O)N[C@@H](C)C(=O)OC(C)C(=O)Nc2ccc([N+](=O)[O-])cc2Cl)cc1. The summed E-state index contributed by atoms with van der Waals surface area (Å²) in [5, 5.41) is 13.1. The van der Waals surface area contributed by atoms with Gasteiger partial charge < -0.3 is 14.8 Å². The minimum atomic E-state index is -4.03. The van der Waals surface area contributed by atoms with Gasteiger partial charge >= 0.3 is 5.97 Å². The molecule has 172 valence electrons. The zero-order chi connectivity index (χ0) is 24.1. The quantitative estimate of drug-likeness (QED) is 0.312. The summed E-state index contributed by atoms with van der Waals surface area (Å²) in [5.74, 6) is -1.29. The largest absolute Gasteiger partial charge is 0.497 e. The number of anilines is 1. The number of nitrogens with zero attached hydrogens (tertiary/aromatic N) is 1. The first-order chi connectivity index (χ1) is 14.9. The van der Waals surface area contributed by atoms with Gasteiger partial charge in [-0.15, -0.1) is 0 Å². The summed E-state index contributed by atoms with van der Waals surface area (Å²) in [5.41, 5.74) is -0.177. The number of hydrogen-bond donors (Lipinski definition) is 2. The molecule has 0 aliphatic carbocycles. The van der Waals surface area contributed by atoms with Gasteiger partial charge in [-0.05, 0) is 44.2 Å². The van der Waals surface area contributed by atoms with Crippen LogP contribution in [0.5, 0.6) is 5.75 Å². The number of esters is 1. The molecule has 1 amide bonds. The van der Waals surface area contributed by atoms with Crippen molar-refractivity contribution in [3.05, 3.63) is 57.6 Å². The molecule has 0 fully saturated rings.